The molecule has 0 heterocycles. The molecule has 258 valence electrons. The maximum atomic E-state index is 12.2. The van der Waals surface area contributed by atoms with Gasteiger partial charge in [-0.05, 0) is 95.9 Å². The maximum absolute atomic E-state index is 12.2. The molecule has 1 fully saturated rings. The van der Waals surface area contributed by atoms with E-state index >= 15 is 0 Å². The summed E-state index contributed by atoms with van der Waals surface area (Å²) >= 11 is 0. The smallest absolute Gasteiger partial charge is 0.340 e. The van der Waals surface area contributed by atoms with E-state index in [2.05, 4.69) is 68.6 Å². The second-order valence-corrected chi connectivity index (χ2v) is 12.7. The van der Waals surface area contributed by atoms with E-state index in [1.807, 2.05) is 12.1 Å². The van der Waals surface area contributed by atoms with Crippen molar-refractivity contribution >= 4 is 5.97 Å². The highest BCUT2D eigenvalue weighted by atomic mass is 16.7. The lowest BCUT2D eigenvalue weighted by Gasteiger charge is -2.29. The largest absolute Gasteiger partial charge is 0.467 e. The van der Waals surface area contributed by atoms with Crippen molar-refractivity contribution in [3.05, 3.63) is 108 Å². The van der Waals surface area contributed by atoms with Crippen molar-refractivity contribution < 1.29 is 34.0 Å². The number of aliphatic hydroxyl groups excluding tert-OH is 2. The Morgan fingerprint density at radius 2 is 1.42 bits per heavy atom. The third-order valence-electron chi connectivity index (χ3n) is 9.21. The Bertz CT molecular complexity index is 1440. The molecule has 2 N–H and O–H groups in total. The second kappa shape index (κ2) is 19.8. The Hall–Kier alpha value is -3.91. The minimum atomic E-state index is -0.721. The van der Waals surface area contributed by atoms with E-state index < -0.39 is 5.97 Å². The molecule has 0 saturated heterocycles. The fraction of sp³-hybridized carbons (Fsp3) is 0.439. The molecular weight excluding hydrogens is 604 g/mol. The lowest BCUT2D eigenvalue weighted by atomic mass is 9.77. The van der Waals surface area contributed by atoms with Crippen LogP contribution in [0.3, 0.4) is 0 Å². The quantitative estimate of drug-likeness (QED) is 0.0415. The van der Waals surface area contributed by atoms with Crippen molar-refractivity contribution in [3.63, 3.8) is 0 Å². The van der Waals surface area contributed by atoms with Gasteiger partial charge in [-0.1, -0.05) is 94.3 Å². The Balaban J connectivity index is 1.32. The average molecular weight is 657 g/mol. The van der Waals surface area contributed by atoms with Crippen LogP contribution in [0.4, 0.5) is 0 Å². The number of benzene rings is 3. The molecule has 1 saturated carbocycles. The van der Waals surface area contributed by atoms with Gasteiger partial charge < -0.3 is 29.2 Å². The van der Waals surface area contributed by atoms with Gasteiger partial charge in [0, 0.05) is 6.07 Å². The Kier molecular flexibility index (Phi) is 15.2. The summed E-state index contributed by atoms with van der Waals surface area (Å²) in [7, 11) is 0. The summed E-state index contributed by atoms with van der Waals surface area (Å²) in [5.41, 5.74) is 6.11. The summed E-state index contributed by atoms with van der Waals surface area (Å²) in [4.78, 5) is 12.2. The van der Waals surface area contributed by atoms with Crippen LogP contribution in [0.1, 0.15) is 80.9 Å². The van der Waals surface area contributed by atoms with Gasteiger partial charge in [0.1, 0.15) is 11.5 Å². The van der Waals surface area contributed by atoms with Crippen LogP contribution in [0.15, 0.2) is 91.0 Å². The van der Waals surface area contributed by atoms with Gasteiger partial charge in [0.15, 0.2) is 6.79 Å². The molecule has 0 atom stereocenters. The van der Waals surface area contributed by atoms with Crippen molar-refractivity contribution in [1.29, 1.82) is 0 Å². The van der Waals surface area contributed by atoms with Gasteiger partial charge in [-0.3, -0.25) is 0 Å². The van der Waals surface area contributed by atoms with Crippen LogP contribution in [0.5, 0.6) is 11.5 Å². The molecule has 3 aromatic carbocycles. The van der Waals surface area contributed by atoms with Crippen molar-refractivity contribution in [2.24, 2.45) is 5.92 Å². The zero-order chi connectivity index (χ0) is 34.1. The second-order valence-electron chi connectivity index (χ2n) is 12.7. The number of hydrogen-bond acceptors (Lipinski definition) is 7. The molecule has 0 aromatic heterocycles. The highest BCUT2D eigenvalue weighted by Gasteiger charge is 2.22. The topological polar surface area (TPSA) is 94.5 Å². The van der Waals surface area contributed by atoms with Gasteiger partial charge in [0.2, 0.25) is 6.79 Å². The normalized spacial score (nSPS) is 15.9. The molecule has 0 radical (unpaired) electrons. The highest BCUT2D eigenvalue weighted by molar-refractivity contribution is 5.92. The molecule has 3 aromatic rings. The Morgan fingerprint density at radius 1 is 0.792 bits per heavy atom. The third-order valence-corrected chi connectivity index (χ3v) is 9.21. The van der Waals surface area contributed by atoms with Crippen LogP contribution < -0.4 is 9.47 Å². The van der Waals surface area contributed by atoms with Gasteiger partial charge in [0.25, 0.3) is 0 Å². The Morgan fingerprint density at radius 3 is 2.02 bits per heavy atom. The van der Waals surface area contributed by atoms with Crippen LogP contribution in [-0.2, 0) is 27.1 Å². The SMILES string of the molecule is C=C(CO)C(=C)C(=O)OCOc1cc(OCOCCO)cc(-c2ccc(CCc3ccc(C4CCC(CCCCC)CC4)cc3)cc2)c1. The zero-order valence-electron chi connectivity index (χ0n) is 28.5. The predicted molar refractivity (Wildman–Crippen MR) is 190 cm³/mol. The first kappa shape index (κ1) is 36.9. The number of aliphatic hydroxyl groups is 2. The number of hydrogen-bond donors (Lipinski definition) is 2. The number of carbonyl (C=O) groups excluding carboxylic acids is 1. The summed E-state index contributed by atoms with van der Waals surface area (Å²) in [5.74, 6) is 1.85. The van der Waals surface area contributed by atoms with Crippen molar-refractivity contribution in [1.82, 2.24) is 0 Å². The van der Waals surface area contributed by atoms with E-state index in [4.69, 9.17) is 24.1 Å². The van der Waals surface area contributed by atoms with E-state index in [0.717, 1.165) is 29.9 Å². The van der Waals surface area contributed by atoms with E-state index in [1.165, 1.54) is 68.1 Å². The van der Waals surface area contributed by atoms with E-state index in [-0.39, 0.29) is 44.6 Å². The Labute approximate surface area is 286 Å². The van der Waals surface area contributed by atoms with Crippen LogP contribution in [0.25, 0.3) is 11.1 Å². The number of rotatable bonds is 20. The summed E-state index contributed by atoms with van der Waals surface area (Å²) in [6.07, 6.45) is 12.8. The van der Waals surface area contributed by atoms with Crippen LogP contribution in [0.2, 0.25) is 0 Å². The number of carbonyl (C=O) groups is 1. The lowest BCUT2D eigenvalue weighted by Crippen LogP contribution is -2.14. The fourth-order valence-electron chi connectivity index (χ4n) is 6.19. The summed E-state index contributed by atoms with van der Waals surface area (Å²) in [5, 5.41) is 18.2. The highest BCUT2D eigenvalue weighted by Crippen LogP contribution is 2.38. The first-order chi connectivity index (χ1) is 23.4. The average Bonchev–Trinajstić information content (AvgIpc) is 3.12. The zero-order valence-corrected chi connectivity index (χ0v) is 28.5. The third kappa shape index (κ3) is 11.7. The molecule has 0 spiro atoms. The number of esters is 1. The van der Waals surface area contributed by atoms with E-state index in [0.29, 0.717) is 17.4 Å². The molecule has 1 aliphatic rings. The van der Waals surface area contributed by atoms with Crippen LogP contribution in [-0.4, -0.2) is 49.6 Å². The molecule has 7 heteroatoms. The summed E-state index contributed by atoms with van der Waals surface area (Å²) < 4.78 is 21.8. The molecule has 0 bridgehead atoms. The first-order valence-corrected chi connectivity index (χ1v) is 17.3. The van der Waals surface area contributed by atoms with E-state index in [9.17, 15) is 9.90 Å². The first-order valence-electron chi connectivity index (χ1n) is 17.3. The van der Waals surface area contributed by atoms with Gasteiger partial charge in [-0.2, -0.15) is 0 Å². The van der Waals surface area contributed by atoms with Crippen molar-refractivity contribution in [3.8, 4) is 22.6 Å². The standard InChI is InChI=1S/C41H52O7/c1-4-5-6-7-32-10-16-35(17-11-32)36-18-12-33(13-19-36)8-9-34-14-20-37(21-15-34)38-24-39(46-28-45-23-22-42)26-40(25-38)47-29-48-41(44)31(3)30(2)27-43/h12-15,18-21,24-26,32,35,42-43H,2-11,16-17,22-23,27-29H2,1H3. The van der Waals surface area contributed by atoms with Gasteiger partial charge in [-0.25, -0.2) is 4.79 Å². The maximum Gasteiger partial charge on any atom is 0.340 e. The molecule has 48 heavy (non-hydrogen) atoms. The molecule has 0 amide bonds. The molecule has 1 aliphatic carbocycles. The number of aryl methyl sites for hydroxylation is 2. The number of ether oxygens (including phenoxy) is 4. The molecule has 4 rings (SSSR count). The van der Waals surface area contributed by atoms with Gasteiger partial charge in [0.05, 0.1) is 25.4 Å². The van der Waals surface area contributed by atoms with Crippen LogP contribution >= 0.6 is 0 Å². The molecule has 0 aliphatic heterocycles. The van der Waals surface area contributed by atoms with Crippen molar-refractivity contribution in [2.45, 2.75) is 77.0 Å². The van der Waals surface area contributed by atoms with Crippen molar-refractivity contribution in [2.75, 3.05) is 33.4 Å². The van der Waals surface area contributed by atoms with Crippen LogP contribution in [0, 0.1) is 5.92 Å². The van der Waals surface area contributed by atoms with E-state index in [1.54, 1.807) is 6.07 Å². The monoisotopic (exact) mass is 656 g/mol. The predicted octanol–water partition coefficient (Wildman–Crippen LogP) is 8.32. The summed E-state index contributed by atoms with van der Waals surface area (Å²) in [6, 6.07) is 23.1. The van der Waals surface area contributed by atoms with Gasteiger partial charge >= 0.3 is 5.97 Å². The fourth-order valence-corrected chi connectivity index (χ4v) is 6.19. The molecular formula is C41H52O7. The van der Waals surface area contributed by atoms with Gasteiger partial charge in [-0.15, -0.1) is 0 Å². The molecule has 7 nitrogen and oxygen atoms in total. The number of unbranched alkanes of at least 4 members (excludes halogenated alkanes) is 2. The minimum absolute atomic E-state index is 0.0115. The lowest BCUT2D eigenvalue weighted by molar-refractivity contribution is -0.145. The molecule has 0 unspecified atom stereocenters. The summed E-state index contributed by atoms with van der Waals surface area (Å²) in [6.45, 7) is 8.74. The minimum Gasteiger partial charge on any atom is -0.467 e.